The molecular formula is C21H29N3O3. The highest BCUT2D eigenvalue weighted by Crippen LogP contribution is 2.32. The third-order valence-electron chi connectivity index (χ3n) is 6.59. The Labute approximate surface area is 161 Å². The third kappa shape index (κ3) is 3.55. The van der Waals surface area contributed by atoms with Crippen LogP contribution < -0.4 is 4.74 Å². The normalized spacial score (nSPS) is 26.3. The van der Waals surface area contributed by atoms with Gasteiger partial charge in [-0.05, 0) is 57.0 Å². The number of fused-ring (bicyclic) bond motifs is 1. The summed E-state index contributed by atoms with van der Waals surface area (Å²) in [6.45, 7) is 4.24. The molecule has 4 rings (SSSR count). The van der Waals surface area contributed by atoms with E-state index in [1.165, 1.54) is 6.42 Å². The predicted octanol–water partition coefficient (Wildman–Crippen LogP) is 1.71. The number of ether oxygens (including phenoxy) is 1. The van der Waals surface area contributed by atoms with E-state index < -0.39 is 0 Å². The number of amides is 2. The van der Waals surface area contributed by atoms with Crippen molar-refractivity contribution < 1.29 is 14.3 Å². The molecule has 6 nitrogen and oxygen atoms in total. The Hall–Kier alpha value is -2.08. The van der Waals surface area contributed by atoms with Crippen LogP contribution in [0.3, 0.4) is 0 Å². The summed E-state index contributed by atoms with van der Waals surface area (Å²) in [4.78, 5) is 32.0. The molecule has 3 fully saturated rings. The van der Waals surface area contributed by atoms with Crippen molar-refractivity contribution in [2.24, 2.45) is 11.8 Å². The number of piperidine rings is 1. The van der Waals surface area contributed by atoms with Crippen LogP contribution in [0.4, 0.5) is 0 Å². The van der Waals surface area contributed by atoms with Crippen LogP contribution in [0.1, 0.15) is 29.6 Å². The van der Waals surface area contributed by atoms with E-state index in [4.69, 9.17) is 4.74 Å². The molecule has 3 saturated heterocycles. The summed E-state index contributed by atoms with van der Waals surface area (Å²) < 4.78 is 5.21. The van der Waals surface area contributed by atoms with Crippen LogP contribution in [0, 0.1) is 11.8 Å². The van der Waals surface area contributed by atoms with Crippen LogP contribution in [-0.2, 0) is 4.79 Å². The van der Waals surface area contributed by atoms with Gasteiger partial charge >= 0.3 is 0 Å². The van der Waals surface area contributed by atoms with Crippen molar-refractivity contribution in [2.75, 3.05) is 46.9 Å². The maximum absolute atomic E-state index is 13.0. The van der Waals surface area contributed by atoms with Gasteiger partial charge < -0.3 is 19.4 Å². The molecule has 1 aromatic carbocycles. The fourth-order valence-electron chi connectivity index (χ4n) is 4.88. The van der Waals surface area contributed by atoms with Crippen LogP contribution in [0.2, 0.25) is 0 Å². The monoisotopic (exact) mass is 371 g/mol. The number of carbonyl (C=O) groups excluding carboxylic acids is 2. The Morgan fingerprint density at radius 2 is 1.81 bits per heavy atom. The zero-order valence-electron chi connectivity index (χ0n) is 16.3. The molecular weight excluding hydrogens is 342 g/mol. The summed E-state index contributed by atoms with van der Waals surface area (Å²) in [5, 5.41) is 0. The van der Waals surface area contributed by atoms with E-state index in [0.717, 1.165) is 32.5 Å². The topological polar surface area (TPSA) is 53.1 Å². The minimum absolute atomic E-state index is 0.0251. The van der Waals surface area contributed by atoms with E-state index in [0.29, 0.717) is 42.3 Å². The second-order valence-electron chi connectivity index (χ2n) is 8.14. The van der Waals surface area contributed by atoms with Crippen LogP contribution >= 0.6 is 0 Å². The zero-order valence-corrected chi connectivity index (χ0v) is 16.3. The van der Waals surface area contributed by atoms with Gasteiger partial charge in [0.2, 0.25) is 5.91 Å². The van der Waals surface area contributed by atoms with Crippen molar-refractivity contribution >= 4 is 11.8 Å². The Kier molecular flexibility index (Phi) is 5.08. The van der Waals surface area contributed by atoms with Crippen LogP contribution in [0.15, 0.2) is 24.3 Å². The highest BCUT2D eigenvalue weighted by atomic mass is 16.5. The molecule has 0 saturated carbocycles. The molecule has 0 N–H and O–H groups in total. The molecule has 2 atom stereocenters. The SMILES string of the molecule is COc1cccc(C(=O)N2CCC(C(=O)N3C[C@@H]4CCN(C)[C@@H]4C3)CC2)c1. The van der Waals surface area contributed by atoms with E-state index in [9.17, 15) is 9.59 Å². The molecule has 1 aromatic rings. The number of carbonyl (C=O) groups is 2. The lowest BCUT2D eigenvalue weighted by molar-refractivity contribution is -0.136. The number of benzene rings is 1. The predicted molar refractivity (Wildman–Crippen MR) is 103 cm³/mol. The van der Waals surface area contributed by atoms with Gasteiger partial charge in [0.05, 0.1) is 7.11 Å². The number of rotatable bonds is 3. The molecule has 0 spiro atoms. The van der Waals surface area contributed by atoms with Gasteiger partial charge in [0.15, 0.2) is 0 Å². The fraction of sp³-hybridized carbons (Fsp3) is 0.619. The minimum atomic E-state index is 0.0251. The average molecular weight is 371 g/mol. The lowest BCUT2D eigenvalue weighted by atomic mass is 9.94. The lowest BCUT2D eigenvalue weighted by Gasteiger charge is -2.33. The first-order chi connectivity index (χ1) is 13.1. The smallest absolute Gasteiger partial charge is 0.253 e. The molecule has 0 bridgehead atoms. The third-order valence-corrected chi connectivity index (χ3v) is 6.59. The van der Waals surface area contributed by atoms with Gasteiger partial charge in [0.25, 0.3) is 5.91 Å². The van der Waals surface area contributed by atoms with E-state index in [-0.39, 0.29) is 11.8 Å². The first-order valence-electron chi connectivity index (χ1n) is 9.99. The Balaban J connectivity index is 1.32. The van der Waals surface area contributed by atoms with Gasteiger partial charge in [0.1, 0.15) is 5.75 Å². The van der Waals surface area contributed by atoms with Crippen molar-refractivity contribution in [1.82, 2.24) is 14.7 Å². The quantitative estimate of drug-likeness (QED) is 0.812. The van der Waals surface area contributed by atoms with Crippen LogP contribution in [0.25, 0.3) is 0 Å². The number of hydrogen-bond donors (Lipinski definition) is 0. The van der Waals surface area contributed by atoms with Crippen molar-refractivity contribution in [1.29, 1.82) is 0 Å². The summed E-state index contributed by atoms with van der Waals surface area (Å²) in [6, 6.07) is 7.82. The molecule has 3 aliphatic heterocycles. The number of nitrogens with zero attached hydrogens (tertiary/aromatic N) is 3. The lowest BCUT2D eigenvalue weighted by Crippen LogP contribution is -2.44. The van der Waals surface area contributed by atoms with E-state index in [1.54, 1.807) is 13.2 Å². The molecule has 3 heterocycles. The number of likely N-dealkylation sites (N-methyl/N-ethyl adjacent to an activating group) is 1. The van der Waals surface area contributed by atoms with Gasteiger partial charge in [-0.25, -0.2) is 0 Å². The number of hydrogen-bond acceptors (Lipinski definition) is 4. The second-order valence-corrected chi connectivity index (χ2v) is 8.14. The van der Waals surface area contributed by atoms with Gasteiger partial charge in [0, 0.05) is 43.7 Å². The maximum atomic E-state index is 13.0. The first kappa shape index (κ1) is 18.3. The Bertz CT molecular complexity index is 714. The second kappa shape index (κ2) is 7.50. The maximum Gasteiger partial charge on any atom is 0.253 e. The summed E-state index contributed by atoms with van der Waals surface area (Å²) in [6.07, 6.45) is 2.73. The molecule has 0 radical (unpaired) electrons. The molecule has 0 aromatic heterocycles. The fourth-order valence-corrected chi connectivity index (χ4v) is 4.88. The van der Waals surface area contributed by atoms with E-state index in [2.05, 4.69) is 16.8 Å². The molecule has 0 aliphatic carbocycles. The highest BCUT2D eigenvalue weighted by Gasteiger charge is 2.42. The van der Waals surface area contributed by atoms with Crippen molar-refractivity contribution in [3.63, 3.8) is 0 Å². The van der Waals surface area contributed by atoms with Gasteiger partial charge in [-0.1, -0.05) is 6.07 Å². The molecule has 146 valence electrons. The van der Waals surface area contributed by atoms with E-state index >= 15 is 0 Å². The van der Waals surface area contributed by atoms with Gasteiger partial charge in [-0.15, -0.1) is 0 Å². The molecule has 2 amide bonds. The number of methoxy groups -OCH3 is 1. The standard InChI is InChI=1S/C21H29N3O3/c1-22-9-6-17-13-24(14-19(17)22)20(25)15-7-10-23(11-8-15)21(26)16-4-3-5-18(12-16)27-2/h3-5,12,15,17,19H,6-11,13-14H2,1-2H3/t17-,19+/m0/s1. The first-order valence-corrected chi connectivity index (χ1v) is 9.99. The van der Waals surface area contributed by atoms with Gasteiger partial charge in [-0.2, -0.15) is 0 Å². The average Bonchev–Trinajstić information content (AvgIpc) is 3.29. The zero-order chi connectivity index (χ0) is 19.0. The Morgan fingerprint density at radius 1 is 1.04 bits per heavy atom. The minimum Gasteiger partial charge on any atom is -0.497 e. The van der Waals surface area contributed by atoms with Crippen molar-refractivity contribution in [2.45, 2.75) is 25.3 Å². The summed E-state index contributed by atoms with van der Waals surface area (Å²) in [5.74, 6) is 1.72. The largest absolute Gasteiger partial charge is 0.497 e. The number of likely N-dealkylation sites (tertiary alicyclic amines) is 3. The van der Waals surface area contributed by atoms with Crippen LogP contribution in [0.5, 0.6) is 5.75 Å². The summed E-state index contributed by atoms with van der Waals surface area (Å²) >= 11 is 0. The molecule has 6 heteroatoms. The van der Waals surface area contributed by atoms with Crippen molar-refractivity contribution in [3.05, 3.63) is 29.8 Å². The summed E-state index contributed by atoms with van der Waals surface area (Å²) in [5.41, 5.74) is 0.648. The molecule has 27 heavy (non-hydrogen) atoms. The highest BCUT2D eigenvalue weighted by molar-refractivity contribution is 5.94. The van der Waals surface area contributed by atoms with Crippen LogP contribution in [-0.4, -0.2) is 79.4 Å². The molecule has 0 unspecified atom stereocenters. The van der Waals surface area contributed by atoms with E-state index in [1.807, 2.05) is 23.1 Å². The molecule has 3 aliphatic rings. The Morgan fingerprint density at radius 3 is 2.52 bits per heavy atom. The summed E-state index contributed by atoms with van der Waals surface area (Å²) in [7, 11) is 3.77. The van der Waals surface area contributed by atoms with Crippen molar-refractivity contribution in [3.8, 4) is 5.75 Å². The van der Waals surface area contributed by atoms with Gasteiger partial charge in [-0.3, -0.25) is 9.59 Å².